The second-order valence-electron chi connectivity index (χ2n) is 7.85. The lowest BCUT2D eigenvalue weighted by atomic mass is 9.81. The van der Waals surface area contributed by atoms with Crippen molar-refractivity contribution in [2.24, 2.45) is 0 Å². The Labute approximate surface area is 136 Å². The van der Waals surface area contributed by atoms with Crippen molar-refractivity contribution in [3.05, 3.63) is 39.6 Å². The Kier molecular flexibility index (Phi) is 4.09. The SMILES string of the molecule is COc1cc([N+](=O)[O-])c2nc(C(C)(C)C)cc(C(C)(C)C)c2c1. The van der Waals surface area contributed by atoms with Gasteiger partial charge in [-0.25, -0.2) is 4.98 Å². The zero-order chi connectivity index (χ0) is 17.6. The van der Waals surface area contributed by atoms with Gasteiger partial charge >= 0.3 is 0 Å². The van der Waals surface area contributed by atoms with Crippen LogP contribution in [0, 0.1) is 10.1 Å². The third-order valence-corrected chi connectivity index (χ3v) is 3.88. The number of ether oxygens (including phenoxy) is 1. The minimum Gasteiger partial charge on any atom is -0.496 e. The van der Waals surface area contributed by atoms with E-state index in [9.17, 15) is 10.1 Å². The van der Waals surface area contributed by atoms with Crippen LogP contribution in [0.25, 0.3) is 10.9 Å². The molecule has 1 aromatic heterocycles. The predicted molar refractivity (Wildman–Crippen MR) is 92.3 cm³/mol. The molecule has 1 aromatic carbocycles. The van der Waals surface area contributed by atoms with Gasteiger partial charge in [0.1, 0.15) is 11.3 Å². The summed E-state index contributed by atoms with van der Waals surface area (Å²) in [6.07, 6.45) is 0. The summed E-state index contributed by atoms with van der Waals surface area (Å²) in [7, 11) is 1.51. The lowest BCUT2D eigenvalue weighted by molar-refractivity contribution is -0.383. The molecule has 5 heteroatoms. The number of non-ortho nitro benzene ring substituents is 1. The Morgan fingerprint density at radius 1 is 1.04 bits per heavy atom. The summed E-state index contributed by atoms with van der Waals surface area (Å²) in [6, 6.07) is 5.34. The first kappa shape index (κ1) is 17.2. The summed E-state index contributed by atoms with van der Waals surface area (Å²) in [5, 5.41) is 12.3. The molecular weight excluding hydrogens is 292 g/mol. The fourth-order valence-electron chi connectivity index (χ4n) is 2.55. The van der Waals surface area contributed by atoms with E-state index in [4.69, 9.17) is 4.74 Å². The fourth-order valence-corrected chi connectivity index (χ4v) is 2.55. The van der Waals surface area contributed by atoms with E-state index >= 15 is 0 Å². The summed E-state index contributed by atoms with van der Waals surface area (Å²) in [5.74, 6) is 0.472. The van der Waals surface area contributed by atoms with E-state index < -0.39 is 4.92 Å². The molecule has 1 heterocycles. The van der Waals surface area contributed by atoms with Crippen LogP contribution < -0.4 is 4.74 Å². The first-order valence-electron chi connectivity index (χ1n) is 7.63. The van der Waals surface area contributed by atoms with E-state index in [1.54, 1.807) is 0 Å². The molecule has 2 aromatic rings. The van der Waals surface area contributed by atoms with Gasteiger partial charge in [0.05, 0.1) is 18.1 Å². The maximum Gasteiger partial charge on any atom is 0.299 e. The van der Waals surface area contributed by atoms with Crippen molar-refractivity contribution in [3.8, 4) is 5.75 Å². The Morgan fingerprint density at radius 3 is 2.09 bits per heavy atom. The van der Waals surface area contributed by atoms with E-state index in [0.29, 0.717) is 11.3 Å². The van der Waals surface area contributed by atoms with Gasteiger partial charge in [0, 0.05) is 16.5 Å². The number of aromatic nitrogens is 1. The van der Waals surface area contributed by atoms with Crippen LogP contribution in [0.3, 0.4) is 0 Å². The standard InChI is InChI=1S/C18H24N2O3/c1-17(2,3)13-10-15(18(4,5)6)19-16-12(13)8-11(23-7)9-14(16)20(21)22/h8-10H,1-7H3. The summed E-state index contributed by atoms with van der Waals surface area (Å²) >= 11 is 0. The predicted octanol–water partition coefficient (Wildman–Crippen LogP) is 4.75. The van der Waals surface area contributed by atoms with Crippen LogP contribution >= 0.6 is 0 Å². The van der Waals surface area contributed by atoms with Crippen LogP contribution in [-0.4, -0.2) is 17.0 Å². The van der Waals surface area contributed by atoms with Gasteiger partial charge in [-0.15, -0.1) is 0 Å². The molecule has 0 spiro atoms. The van der Waals surface area contributed by atoms with Crippen LogP contribution in [0.2, 0.25) is 0 Å². The van der Waals surface area contributed by atoms with Gasteiger partial charge in [0.25, 0.3) is 5.69 Å². The third kappa shape index (κ3) is 3.28. The third-order valence-electron chi connectivity index (χ3n) is 3.88. The molecule has 0 N–H and O–H groups in total. The molecule has 0 bridgehead atoms. The van der Waals surface area contributed by atoms with Crippen LogP contribution in [0.1, 0.15) is 52.8 Å². The van der Waals surface area contributed by atoms with Crippen LogP contribution in [0.5, 0.6) is 5.75 Å². The van der Waals surface area contributed by atoms with Crippen molar-refractivity contribution in [3.63, 3.8) is 0 Å². The largest absolute Gasteiger partial charge is 0.496 e. The molecule has 0 radical (unpaired) electrons. The second-order valence-corrected chi connectivity index (χ2v) is 7.85. The average molecular weight is 316 g/mol. The maximum atomic E-state index is 11.5. The van der Waals surface area contributed by atoms with Crippen LogP contribution in [0.4, 0.5) is 5.69 Å². The van der Waals surface area contributed by atoms with Crippen molar-refractivity contribution in [1.29, 1.82) is 0 Å². The Hall–Kier alpha value is -2.17. The molecule has 0 unspecified atom stereocenters. The molecule has 23 heavy (non-hydrogen) atoms. The summed E-state index contributed by atoms with van der Waals surface area (Å²) in [5.41, 5.74) is 1.94. The number of nitrogens with zero attached hydrogens (tertiary/aromatic N) is 2. The van der Waals surface area contributed by atoms with Gasteiger partial charge in [0.15, 0.2) is 0 Å². The molecular formula is C18H24N2O3. The molecule has 0 saturated carbocycles. The van der Waals surface area contributed by atoms with Crippen molar-refractivity contribution < 1.29 is 9.66 Å². The van der Waals surface area contributed by atoms with E-state index in [1.807, 2.05) is 6.07 Å². The molecule has 0 atom stereocenters. The first-order valence-corrected chi connectivity index (χ1v) is 7.63. The minimum absolute atomic E-state index is 0.0176. The van der Waals surface area contributed by atoms with Crippen molar-refractivity contribution >= 4 is 16.6 Å². The van der Waals surface area contributed by atoms with E-state index in [2.05, 4.69) is 52.6 Å². The molecule has 0 aliphatic heterocycles. The van der Waals surface area contributed by atoms with Gasteiger partial charge in [-0.3, -0.25) is 10.1 Å². The molecule has 124 valence electrons. The molecule has 5 nitrogen and oxygen atoms in total. The number of hydrogen-bond acceptors (Lipinski definition) is 4. The number of nitro groups is 1. The molecule has 0 aliphatic rings. The number of benzene rings is 1. The zero-order valence-electron chi connectivity index (χ0n) is 14.9. The van der Waals surface area contributed by atoms with Gasteiger partial charge in [-0.2, -0.15) is 0 Å². The zero-order valence-corrected chi connectivity index (χ0v) is 14.9. The van der Waals surface area contributed by atoms with Crippen molar-refractivity contribution in [2.45, 2.75) is 52.4 Å². The fraction of sp³-hybridized carbons (Fsp3) is 0.500. The topological polar surface area (TPSA) is 65.3 Å². The van der Waals surface area contributed by atoms with Gasteiger partial charge in [-0.1, -0.05) is 41.5 Å². The Bertz CT molecular complexity index is 768. The molecule has 0 amide bonds. The lowest BCUT2D eigenvalue weighted by Crippen LogP contribution is -2.19. The number of nitro benzene ring substituents is 1. The van der Waals surface area contributed by atoms with Crippen LogP contribution in [0.15, 0.2) is 18.2 Å². The van der Waals surface area contributed by atoms with E-state index in [0.717, 1.165) is 16.6 Å². The van der Waals surface area contributed by atoms with E-state index in [1.165, 1.54) is 13.2 Å². The number of rotatable bonds is 2. The highest BCUT2D eigenvalue weighted by Gasteiger charge is 2.27. The molecule has 0 fully saturated rings. The highest BCUT2D eigenvalue weighted by Crippen LogP contribution is 2.38. The molecule has 0 saturated heterocycles. The van der Waals surface area contributed by atoms with Crippen LogP contribution in [-0.2, 0) is 10.8 Å². The lowest BCUT2D eigenvalue weighted by Gasteiger charge is -2.26. The minimum atomic E-state index is -0.392. The maximum absolute atomic E-state index is 11.5. The second kappa shape index (κ2) is 5.48. The smallest absolute Gasteiger partial charge is 0.299 e. The van der Waals surface area contributed by atoms with Gasteiger partial charge in [-0.05, 0) is 23.1 Å². The highest BCUT2D eigenvalue weighted by atomic mass is 16.6. The molecule has 2 rings (SSSR count). The quantitative estimate of drug-likeness (QED) is 0.592. The Balaban J connectivity index is 3.01. The number of pyridine rings is 1. The monoisotopic (exact) mass is 316 g/mol. The Morgan fingerprint density at radius 2 is 1.65 bits per heavy atom. The summed E-state index contributed by atoms with van der Waals surface area (Å²) < 4.78 is 5.25. The van der Waals surface area contributed by atoms with E-state index in [-0.39, 0.29) is 16.5 Å². The van der Waals surface area contributed by atoms with Crippen molar-refractivity contribution in [1.82, 2.24) is 4.98 Å². The number of hydrogen-bond donors (Lipinski definition) is 0. The van der Waals surface area contributed by atoms with Gasteiger partial charge < -0.3 is 4.74 Å². The normalized spacial score (nSPS) is 12.5. The molecule has 0 aliphatic carbocycles. The first-order chi connectivity index (χ1) is 10.4. The number of fused-ring (bicyclic) bond motifs is 1. The van der Waals surface area contributed by atoms with Gasteiger partial charge in [0.2, 0.25) is 0 Å². The van der Waals surface area contributed by atoms with Crippen molar-refractivity contribution in [2.75, 3.05) is 7.11 Å². The summed E-state index contributed by atoms with van der Waals surface area (Å²) in [4.78, 5) is 15.7. The highest BCUT2D eigenvalue weighted by molar-refractivity contribution is 5.92. The summed E-state index contributed by atoms with van der Waals surface area (Å²) in [6.45, 7) is 12.5. The average Bonchev–Trinajstić information content (AvgIpc) is 2.42. The number of methoxy groups -OCH3 is 1.